The number of hydrogen-bond acceptors (Lipinski definition) is 3. The number of thioether (sulfide) groups is 1. The fraction of sp³-hybridized carbons (Fsp3) is 0.381. The molecule has 132 valence electrons. The van der Waals surface area contributed by atoms with Gasteiger partial charge in [0, 0.05) is 29.2 Å². The third-order valence-electron chi connectivity index (χ3n) is 4.69. The summed E-state index contributed by atoms with van der Waals surface area (Å²) in [5, 5.41) is 2.98. The molecule has 0 radical (unpaired) electrons. The van der Waals surface area contributed by atoms with Gasteiger partial charge < -0.3 is 5.32 Å². The molecule has 0 aromatic heterocycles. The Kier molecular flexibility index (Phi) is 6.16. The van der Waals surface area contributed by atoms with E-state index >= 15 is 0 Å². The zero-order valence-corrected chi connectivity index (χ0v) is 15.8. The lowest BCUT2D eigenvalue weighted by Crippen LogP contribution is -2.33. The second-order valence-corrected chi connectivity index (χ2v) is 7.75. The van der Waals surface area contributed by atoms with Crippen molar-refractivity contribution in [2.75, 3.05) is 24.7 Å². The van der Waals surface area contributed by atoms with Crippen LogP contribution in [0.4, 0.5) is 5.69 Å². The van der Waals surface area contributed by atoms with Crippen LogP contribution in [0.25, 0.3) is 0 Å². The van der Waals surface area contributed by atoms with Gasteiger partial charge in [-0.15, -0.1) is 11.8 Å². The van der Waals surface area contributed by atoms with Crippen LogP contribution in [0.2, 0.25) is 0 Å². The van der Waals surface area contributed by atoms with Crippen molar-refractivity contribution in [3.63, 3.8) is 0 Å². The lowest BCUT2D eigenvalue weighted by Gasteiger charge is -2.30. The molecule has 0 unspecified atom stereocenters. The summed E-state index contributed by atoms with van der Waals surface area (Å²) in [5.74, 6) is 0.729. The highest BCUT2D eigenvalue weighted by Crippen LogP contribution is 2.20. The number of hydrogen-bond donors (Lipinski definition) is 1. The normalized spacial score (nSPS) is 18.1. The number of benzene rings is 2. The summed E-state index contributed by atoms with van der Waals surface area (Å²) < 4.78 is 0. The molecule has 1 aliphatic heterocycles. The van der Waals surface area contributed by atoms with Crippen molar-refractivity contribution in [3.05, 3.63) is 59.7 Å². The Morgan fingerprint density at radius 1 is 1.24 bits per heavy atom. The summed E-state index contributed by atoms with van der Waals surface area (Å²) in [6.07, 6.45) is 4.66. The minimum atomic E-state index is -0.0589. The third kappa shape index (κ3) is 5.10. The number of amides is 1. The van der Waals surface area contributed by atoms with Crippen molar-refractivity contribution in [1.29, 1.82) is 0 Å². The molecule has 0 saturated carbocycles. The van der Waals surface area contributed by atoms with Gasteiger partial charge in [-0.25, -0.2) is 0 Å². The number of likely N-dealkylation sites (tertiary alicyclic amines) is 1. The molecule has 3 rings (SSSR count). The van der Waals surface area contributed by atoms with Crippen LogP contribution in [-0.2, 0) is 6.54 Å². The Morgan fingerprint density at radius 2 is 2.04 bits per heavy atom. The number of piperidine rings is 1. The number of nitrogens with zero attached hydrogens (tertiary/aromatic N) is 1. The molecule has 4 heteroatoms. The first-order valence-electron chi connectivity index (χ1n) is 8.91. The number of carbonyl (C=O) groups excluding carboxylic acids is 1. The summed E-state index contributed by atoms with van der Waals surface area (Å²) in [7, 11) is 0. The predicted octanol–water partition coefficient (Wildman–Crippen LogP) is 4.89. The van der Waals surface area contributed by atoms with Crippen LogP contribution in [0.15, 0.2) is 53.4 Å². The molecule has 3 nitrogen and oxygen atoms in total. The van der Waals surface area contributed by atoms with Crippen LogP contribution in [0.1, 0.15) is 35.7 Å². The molecular formula is C21H26N2OS. The summed E-state index contributed by atoms with van der Waals surface area (Å²) in [4.78, 5) is 16.1. The third-order valence-corrected chi connectivity index (χ3v) is 5.42. The van der Waals surface area contributed by atoms with Crippen LogP contribution in [0, 0.1) is 5.92 Å². The van der Waals surface area contributed by atoms with Gasteiger partial charge in [0.2, 0.25) is 0 Å². The van der Waals surface area contributed by atoms with E-state index in [4.69, 9.17) is 0 Å². The van der Waals surface area contributed by atoms with Crippen molar-refractivity contribution in [3.8, 4) is 0 Å². The average Bonchev–Trinajstić information content (AvgIpc) is 2.62. The van der Waals surface area contributed by atoms with E-state index in [1.54, 1.807) is 11.8 Å². The van der Waals surface area contributed by atoms with E-state index in [1.807, 2.05) is 42.7 Å². The van der Waals surface area contributed by atoms with E-state index < -0.39 is 0 Å². The minimum Gasteiger partial charge on any atom is -0.322 e. The molecule has 1 fully saturated rings. The van der Waals surface area contributed by atoms with Gasteiger partial charge in [0.25, 0.3) is 5.91 Å². The molecule has 1 atom stereocenters. The standard InChI is InChI=1S/C21H26N2OS/c1-16-5-4-12-23(14-16)15-17-8-10-18(11-9-17)21(24)22-19-6-3-7-20(13-19)25-2/h3,6-11,13,16H,4-5,12,14-15H2,1-2H3,(H,22,24)/t16-/m1/s1. The molecule has 0 bridgehead atoms. The Labute approximate surface area is 154 Å². The first-order valence-corrected chi connectivity index (χ1v) is 10.1. The van der Waals surface area contributed by atoms with E-state index in [2.05, 4.69) is 29.3 Å². The Morgan fingerprint density at radius 3 is 2.76 bits per heavy atom. The Bertz CT molecular complexity index is 714. The monoisotopic (exact) mass is 354 g/mol. The lowest BCUT2D eigenvalue weighted by molar-refractivity contribution is 0.102. The van der Waals surface area contributed by atoms with Gasteiger partial charge in [0.15, 0.2) is 0 Å². The number of carbonyl (C=O) groups is 1. The van der Waals surface area contributed by atoms with E-state index in [-0.39, 0.29) is 5.91 Å². The van der Waals surface area contributed by atoms with Crippen LogP contribution in [0.5, 0.6) is 0 Å². The van der Waals surface area contributed by atoms with Crippen molar-refractivity contribution in [1.82, 2.24) is 4.90 Å². The molecule has 25 heavy (non-hydrogen) atoms. The molecular weight excluding hydrogens is 328 g/mol. The van der Waals surface area contributed by atoms with Crippen molar-refractivity contribution in [2.45, 2.75) is 31.2 Å². The van der Waals surface area contributed by atoms with Gasteiger partial charge in [0.1, 0.15) is 0 Å². The predicted molar refractivity (Wildman–Crippen MR) is 106 cm³/mol. The summed E-state index contributed by atoms with van der Waals surface area (Å²) in [6.45, 7) is 5.65. The molecule has 1 aliphatic rings. The fourth-order valence-electron chi connectivity index (χ4n) is 3.35. The van der Waals surface area contributed by atoms with Gasteiger partial charge in [-0.05, 0) is 67.5 Å². The van der Waals surface area contributed by atoms with Crippen LogP contribution >= 0.6 is 11.8 Å². The fourth-order valence-corrected chi connectivity index (χ4v) is 3.81. The molecule has 1 saturated heterocycles. The van der Waals surface area contributed by atoms with Gasteiger partial charge in [0.05, 0.1) is 0 Å². The van der Waals surface area contributed by atoms with Crippen molar-refractivity contribution in [2.24, 2.45) is 5.92 Å². The van der Waals surface area contributed by atoms with E-state index in [0.717, 1.165) is 23.0 Å². The Balaban J connectivity index is 1.60. The summed E-state index contributed by atoms with van der Waals surface area (Å²) >= 11 is 1.67. The molecule has 1 heterocycles. The number of rotatable bonds is 5. The topological polar surface area (TPSA) is 32.3 Å². The van der Waals surface area contributed by atoms with Crippen LogP contribution < -0.4 is 5.32 Å². The second kappa shape index (κ2) is 8.54. The highest BCUT2D eigenvalue weighted by Gasteiger charge is 2.16. The SMILES string of the molecule is CSc1cccc(NC(=O)c2ccc(CN3CCC[C@@H](C)C3)cc2)c1. The Hall–Kier alpha value is -1.78. The first-order chi connectivity index (χ1) is 12.1. The quantitative estimate of drug-likeness (QED) is 0.776. The molecule has 0 aliphatic carbocycles. The van der Waals surface area contributed by atoms with Crippen LogP contribution in [-0.4, -0.2) is 30.2 Å². The average molecular weight is 355 g/mol. The van der Waals surface area contributed by atoms with Gasteiger partial charge in [-0.2, -0.15) is 0 Å². The van der Waals surface area contributed by atoms with E-state index in [9.17, 15) is 4.79 Å². The van der Waals surface area contributed by atoms with Crippen molar-refractivity contribution < 1.29 is 4.79 Å². The molecule has 2 aromatic carbocycles. The smallest absolute Gasteiger partial charge is 0.255 e. The van der Waals surface area contributed by atoms with Crippen molar-refractivity contribution >= 4 is 23.4 Å². The maximum absolute atomic E-state index is 12.4. The van der Waals surface area contributed by atoms with Gasteiger partial charge >= 0.3 is 0 Å². The largest absolute Gasteiger partial charge is 0.322 e. The maximum atomic E-state index is 12.4. The van der Waals surface area contributed by atoms with Gasteiger partial charge in [-0.3, -0.25) is 9.69 Å². The van der Waals surface area contributed by atoms with E-state index in [1.165, 1.54) is 31.5 Å². The molecule has 2 aromatic rings. The lowest BCUT2D eigenvalue weighted by atomic mass is 9.99. The van der Waals surface area contributed by atoms with Gasteiger partial charge in [-0.1, -0.05) is 25.1 Å². The zero-order chi connectivity index (χ0) is 17.6. The van der Waals surface area contributed by atoms with Crippen LogP contribution in [0.3, 0.4) is 0 Å². The first kappa shape index (κ1) is 18.0. The molecule has 1 N–H and O–H groups in total. The number of nitrogens with one attached hydrogen (secondary N) is 1. The highest BCUT2D eigenvalue weighted by atomic mass is 32.2. The number of anilines is 1. The second-order valence-electron chi connectivity index (χ2n) is 6.87. The van der Waals surface area contributed by atoms with E-state index in [0.29, 0.717) is 5.56 Å². The summed E-state index contributed by atoms with van der Waals surface area (Å²) in [5.41, 5.74) is 2.81. The maximum Gasteiger partial charge on any atom is 0.255 e. The minimum absolute atomic E-state index is 0.0589. The summed E-state index contributed by atoms with van der Waals surface area (Å²) in [6, 6.07) is 15.9. The molecule has 1 amide bonds. The highest BCUT2D eigenvalue weighted by molar-refractivity contribution is 7.98. The molecule has 0 spiro atoms. The zero-order valence-electron chi connectivity index (χ0n) is 15.0.